The highest BCUT2D eigenvalue weighted by molar-refractivity contribution is 14.1. The molecule has 1 aromatic carbocycles. The van der Waals surface area contributed by atoms with Crippen molar-refractivity contribution in [2.45, 2.75) is 12.8 Å². The van der Waals surface area contributed by atoms with E-state index in [-0.39, 0.29) is 5.56 Å². The van der Waals surface area contributed by atoms with E-state index in [1.54, 1.807) is 12.1 Å². The van der Waals surface area contributed by atoms with Crippen LogP contribution in [0.5, 0.6) is 0 Å². The summed E-state index contributed by atoms with van der Waals surface area (Å²) in [6, 6.07) is 6.34. The van der Waals surface area contributed by atoms with Crippen molar-refractivity contribution in [1.82, 2.24) is 0 Å². The minimum Gasteiger partial charge on any atom is -0.202 e. The Labute approximate surface area is 77.8 Å². The first kappa shape index (κ1) is 8.90. The van der Waals surface area contributed by atoms with E-state index in [1.165, 1.54) is 12.1 Å². The number of rotatable bonds is 1. The lowest BCUT2D eigenvalue weighted by Crippen LogP contribution is -2.06. The molecule has 0 atom stereocenters. The monoisotopic (exact) mass is 268 g/mol. The Morgan fingerprint density at radius 1 is 1.36 bits per heavy atom. The Morgan fingerprint density at radius 3 is 2.36 bits per heavy atom. The third-order valence-corrected chi connectivity index (χ3v) is 2.00. The van der Waals surface area contributed by atoms with E-state index in [1.807, 2.05) is 22.6 Å². The summed E-state index contributed by atoms with van der Waals surface area (Å²) in [6.07, 6.45) is 0. The Bertz CT molecular complexity index is 253. The molecule has 0 aliphatic rings. The fourth-order valence-corrected chi connectivity index (χ4v) is 1.30. The highest BCUT2D eigenvalue weighted by Crippen LogP contribution is 2.27. The zero-order valence-electron chi connectivity index (χ0n) is 5.94. The molecule has 11 heavy (non-hydrogen) atoms. The van der Waals surface area contributed by atoms with E-state index in [0.717, 1.165) is 10.5 Å². The second kappa shape index (κ2) is 3.05. The summed E-state index contributed by atoms with van der Waals surface area (Å²) in [4.78, 5) is 0. The number of hydrogen-bond donors (Lipinski definition) is 0. The maximum absolute atomic E-state index is 12.6. The summed E-state index contributed by atoms with van der Waals surface area (Å²) in [7, 11) is 0. The van der Waals surface area contributed by atoms with Crippen molar-refractivity contribution in [3.8, 4) is 0 Å². The molecular weight excluding hydrogens is 261 g/mol. The fourth-order valence-electron chi connectivity index (χ4n) is 0.762. The average molecular weight is 268 g/mol. The van der Waals surface area contributed by atoms with Gasteiger partial charge in [0, 0.05) is 16.1 Å². The molecule has 0 bridgehead atoms. The molecule has 0 unspecified atom stereocenters. The van der Waals surface area contributed by atoms with Crippen molar-refractivity contribution in [2.24, 2.45) is 0 Å². The Kier molecular flexibility index (Phi) is 2.47. The normalized spacial score (nSPS) is 11.6. The van der Waals surface area contributed by atoms with Crippen LogP contribution >= 0.6 is 22.6 Å². The zero-order chi connectivity index (χ0) is 8.48. The van der Waals surface area contributed by atoms with Gasteiger partial charge in [0.05, 0.1) is 0 Å². The summed E-state index contributed by atoms with van der Waals surface area (Å²) in [5.41, 5.74) is 0.0735. The van der Waals surface area contributed by atoms with Crippen LogP contribution in [-0.2, 0) is 5.92 Å². The summed E-state index contributed by atoms with van der Waals surface area (Å²) >= 11 is 2.01. The molecule has 0 radical (unpaired) electrons. The van der Waals surface area contributed by atoms with E-state index < -0.39 is 5.92 Å². The largest absolute Gasteiger partial charge is 0.270 e. The van der Waals surface area contributed by atoms with Gasteiger partial charge in [-0.3, -0.25) is 0 Å². The van der Waals surface area contributed by atoms with Gasteiger partial charge < -0.3 is 0 Å². The molecule has 1 rings (SSSR count). The zero-order valence-corrected chi connectivity index (χ0v) is 8.10. The molecule has 0 saturated carbocycles. The van der Waals surface area contributed by atoms with Crippen LogP contribution in [-0.4, -0.2) is 0 Å². The molecule has 0 aliphatic heterocycles. The van der Waals surface area contributed by atoms with Gasteiger partial charge in [-0.05, 0) is 34.7 Å². The lowest BCUT2D eigenvalue weighted by molar-refractivity contribution is 0.0174. The molecule has 0 heterocycles. The third-order valence-electron chi connectivity index (χ3n) is 1.33. The van der Waals surface area contributed by atoms with Crippen molar-refractivity contribution in [1.29, 1.82) is 0 Å². The highest BCUT2D eigenvalue weighted by atomic mass is 127. The van der Waals surface area contributed by atoms with Gasteiger partial charge in [-0.2, -0.15) is 0 Å². The molecule has 60 valence electrons. The minimum atomic E-state index is -2.72. The van der Waals surface area contributed by atoms with Crippen molar-refractivity contribution >= 4 is 22.6 Å². The first-order valence-electron chi connectivity index (χ1n) is 3.14. The van der Waals surface area contributed by atoms with Crippen LogP contribution in [0.1, 0.15) is 12.5 Å². The summed E-state index contributed by atoms with van der Waals surface area (Å²) in [5, 5.41) is 0. The fraction of sp³-hybridized carbons (Fsp3) is 0.250. The smallest absolute Gasteiger partial charge is 0.202 e. The Balaban J connectivity index is 3.06. The molecule has 0 amide bonds. The van der Waals surface area contributed by atoms with E-state index in [0.29, 0.717) is 0 Å². The second-order valence-corrected chi connectivity index (χ2v) is 3.64. The van der Waals surface area contributed by atoms with Crippen LogP contribution in [0.3, 0.4) is 0 Å². The molecule has 0 N–H and O–H groups in total. The van der Waals surface area contributed by atoms with E-state index in [4.69, 9.17) is 0 Å². The van der Waals surface area contributed by atoms with Crippen LogP contribution in [0.15, 0.2) is 24.3 Å². The SMILES string of the molecule is CC(F)(F)c1cccc(I)c1. The lowest BCUT2D eigenvalue weighted by atomic mass is 10.1. The van der Waals surface area contributed by atoms with Gasteiger partial charge in [0.15, 0.2) is 0 Å². The molecule has 0 aromatic heterocycles. The summed E-state index contributed by atoms with van der Waals surface area (Å²) in [5.74, 6) is -2.72. The number of hydrogen-bond acceptors (Lipinski definition) is 0. The van der Waals surface area contributed by atoms with Crippen LogP contribution < -0.4 is 0 Å². The van der Waals surface area contributed by atoms with Gasteiger partial charge in [-0.1, -0.05) is 12.1 Å². The standard InChI is InChI=1S/C8H7F2I/c1-8(9,10)6-3-2-4-7(11)5-6/h2-5H,1H3. The predicted molar refractivity (Wildman–Crippen MR) is 48.7 cm³/mol. The summed E-state index contributed by atoms with van der Waals surface area (Å²) in [6.45, 7) is 0.901. The molecule has 0 spiro atoms. The number of benzene rings is 1. The molecule has 3 heteroatoms. The van der Waals surface area contributed by atoms with E-state index in [9.17, 15) is 8.78 Å². The van der Waals surface area contributed by atoms with Crippen LogP contribution in [0.25, 0.3) is 0 Å². The van der Waals surface area contributed by atoms with Gasteiger partial charge in [-0.15, -0.1) is 0 Å². The Hall–Kier alpha value is -0.190. The summed E-state index contributed by atoms with van der Waals surface area (Å²) < 4.78 is 26.1. The van der Waals surface area contributed by atoms with Crippen molar-refractivity contribution < 1.29 is 8.78 Å². The lowest BCUT2D eigenvalue weighted by Gasteiger charge is -2.09. The van der Waals surface area contributed by atoms with Gasteiger partial charge in [0.1, 0.15) is 0 Å². The van der Waals surface area contributed by atoms with E-state index in [2.05, 4.69) is 0 Å². The molecule has 1 aromatic rings. The first-order valence-corrected chi connectivity index (χ1v) is 4.22. The predicted octanol–water partition coefficient (Wildman–Crippen LogP) is 3.40. The quantitative estimate of drug-likeness (QED) is 0.685. The maximum Gasteiger partial charge on any atom is 0.270 e. The van der Waals surface area contributed by atoms with Crippen molar-refractivity contribution in [3.05, 3.63) is 33.4 Å². The first-order chi connectivity index (χ1) is 5.00. The molecule has 0 saturated heterocycles. The molecular formula is C8H7F2I. The molecule has 0 nitrogen and oxygen atoms in total. The maximum atomic E-state index is 12.6. The topological polar surface area (TPSA) is 0 Å². The molecule has 0 fully saturated rings. The van der Waals surface area contributed by atoms with E-state index >= 15 is 0 Å². The number of alkyl halides is 2. The highest BCUT2D eigenvalue weighted by Gasteiger charge is 2.23. The third kappa shape index (κ3) is 2.39. The van der Waals surface area contributed by atoms with Crippen LogP contribution in [0.2, 0.25) is 0 Å². The second-order valence-electron chi connectivity index (χ2n) is 2.40. The molecule has 0 aliphatic carbocycles. The van der Waals surface area contributed by atoms with Gasteiger partial charge in [0.2, 0.25) is 0 Å². The average Bonchev–Trinajstić information content (AvgIpc) is 1.86. The van der Waals surface area contributed by atoms with Crippen LogP contribution in [0.4, 0.5) is 8.78 Å². The Morgan fingerprint density at radius 2 is 2.00 bits per heavy atom. The number of halogens is 3. The van der Waals surface area contributed by atoms with Crippen molar-refractivity contribution in [3.63, 3.8) is 0 Å². The van der Waals surface area contributed by atoms with Gasteiger partial charge >= 0.3 is 0 Å². The van der Waals surface area contributed by atoms with Gasteiger partial charge in [0.25, 0.3) is 5.92 Å². The van der Waals surface area contributed by atoms with Crippen LogP contribution in [0, 0.1) is 3.57 Å². The van der Waals surface area contributed by atoms with Crippen molar-refractivity contribution in [2.75, 3.05) is 0 Å². The van der Waals surface area contributed by atoms with Gasteiger partial charge in [-0.25, -0.2) is 8.78 Å². The minimum absolute atomic E-state index is 0.0735.